The molecule has 0 radical (unpaired) electrons. The number of carboxylic acid groups (broad SMARTS) is 1. The third-order valence-corrected chi connectivity index (χ3v) is 3.40. The fraction of sp³-hybridized carbons (Fsp3) is 0.533. The molecule has 0 aliphatic carbocycles. The monoisotopic (exact) mass is 309 g/mol. The molecule has 0 bridgehead atoms. The molecular formula is C15H23N3O4. The summed E-state index contributed by atoms with van der Waals surface area (Å²) in [7, 11) is 1.56. The summed E-state index contributed by atoms with van der Waals surface area (Å²) in [4.78, 5) is 27.2. The Balaban J connectivity index is 2.67. The summed E-state index contributed by atoms with van der Waals surface area (Å²) in [6.45, 7) is 4.66. The molecule has 1 aromatic heterocycles. The van der Waals surface area contributed by atoms with Gasteiger partial charge in [-0.2, -0.15) is 0 Å². The second kappa shape index (κ2) is 8.99. The van der Waals surface area contributed by atoms with E-state index in [0.717, 1.165) is 6.42 Å². The van der Waals surface area contributed by atoms with Gasteiger partial charge in [0.1, 0.15) is 11.9 Å². The highest BCUT2D eigenvalue weighted by atomic mass is 16.5. The van der Waals surface area contributed by atoms with Crippen molar-refractivity contribution in [2.24, 2.45) is 5.92 Å². The molecule has 0 saturated heterocycles. The second-order valence-corrected chi connectivity index (χ2v) is 5.03. The number of pyridine rings is 1. The Kier molecular flexibility index (Phi) is 7.31. The molecule has 0 aliphatic heterocycles. The molecule has 1 aromatic rings. The summed E-state index contributed by atoms with van der Waals surface area (Å²) in [5.41, 5.74) is 0.414. The van der Waals surface area contributed by atoms with Crippen LogP contribution >= 0.6 is 0 Å². The maximum atomic E-state index is 11.8. The van der Waals surface area contributed by atoms with E-state index in [9.17, 15) is 14.7 Å². The van der Waals surface area contributed by atoms with Crippen molar-refractivity contribution in [1.82, 2.24) is 10.3 Å². The first kappa shape index (κ1) is 17.9. The molecule has 0 spiro atoms. The lowest BCUT2D eigenvalue weighted by molar-refractivity contribution is -0.139. The van der Waals surface area contributed by atoms with Gasteiger partial charge >= 0.3 is 5.97 Å². The number of carboxylic acids is 1. The predicted molar refractivity (Wildman–Crippen MR) is 82.9 cm³/mol. The molecule has 0 fully saturated rings. The van der Waals surface area contributed by atoms with E-state index in [1.807, 2.05) is 13.8 Å². The van der Waals surface area contributed by atoms with Crippen LogP contribution in [0.2, 0.25) is 0 Å². The summed E-state index contributed by atoms with van der Waals surface area (Å²) >= 11 is 0. The zero-order valence-corrected chi connectivity index (χ0v) is 13.1. The molecule has 0 aromatic carbocycles. The van der Waals surface area contributed by atoms with Crippen LogP contribution in [0.25, 0.3) is 0 Å². The van der Waals surface area contributed by atoms with Gasteiger partial charge in [0.15, 0.2) is 0 Å². The first-order chi connectivity index (χ1) is 10.5. The smallest absolute Gasteiger partial charge is 0.326 e. The normalized spacial score (nSPS) is 13.2. The molecule has 0 unspecified atom stereocenters. The number of hydrogen-bond acceptors (Lipinski definition) is 5. The largest absolute Gasteiger partial charge is 0.480 e. The number of carbonyl (C=O) groups is 2. The molecule has 7 nitrogen and oxygen atoms in total. The first-order valence-corrected chi connectivity index (χ1v) is 7.22. The Bertz CT molecular complexity index is 490. The van der Waals surface area contributed by atoms with Crippen LogP contribution in [-0.4, -0.2) is 48.3 Å². The lowest BCUT2D eigenvalue weighted by Crippen LogP contribution is -2.35. The van der Waals surface area contributed by atoms with Gasteiger partial charge in [0.25, 0.3) is 5.91 Å². The van der Waals surface area contributed by atoms with Crippen LogP contribution < -0.4 is 10.6 Å². The number of ether oxygens (including phenoxy) is 1. The van der Waals surface area contributed by atoms with Crippen molar-refractivity contribution in [1.29, 1.82) is 0 Å². The van der Waals surface area contributed by atoms with Gasteiger partial charge in [-0.3, -0.25) is 4.79 Å². The molecule has 2 atom stereocenters. The Morgan fingerprint density at radius 2 is 2.14 bits per heavy atom. The number of carbonyl (C=O) groups excluding carboxylic acids is 1. The highest BCUT2D eigenvalue weighted by Crippen LogP contribution is 2.14. The van der Waals surface area contributed by atoms with Crippen molar-refractivity contribution in [3.05, 3.63) is 23.9 Å². The molecule has 22 heavy (non-hydrogen) atoms. The van der Waals surface area contributed by atoms with Crippen LogP contribution in [-0.2, 0) is 9.53 Å². The van der Waals surface area contributed by atoms with Crippen molar-refractivity contribution in [2.45, 2.75) is 26.3 Å². The summed E-state index contributed by atoms with van der Waals surface area (Å²) < 4.78 is 4.85. The molecule has 1 amide bonds. The van der Waals surface area contributed by atoms with E-state index in [4.69, 9.17) is 4.74 Å². The van der Waals surface area contributed by atoms with Crippen molar-refractivity contribution >= 4 is 17.7 Å². The fourth-order valence-electron chi connectivity index (χ4n) is 1.82. The number of aromatic nitrogens is 1. The molecule has 3 N–H and O–H groups in total. The second-order valence-electron chi connectivity index (χ2n) is 5.03. The molecule has 0 aliphatic rings. The van der Waals surface area contributed by atoms with Crippen LogP contribution in [0.5, 0.6) is 0 Å². The minimum atomic E-state index is -0.919. The van der Waals surface area contributed by atoms with E-state index in [-0.39, 0.29) is 11.8 Å². The lowest BCUT2D eigenvalue weighted by atomic mass is 9.99. The molecule has 122 valence electrons. The molecule has 0 saturated carbocycles. The highest BCUT2D eigenvalue weighted by Gasteiger charge is 2.23. The summed E-state index contributed by atoms with van der Waals surface area (Å²) in [6.07, 6.45) is 2.16. The van der Waals surface area contributed by atoms with Crippen LogP contribution in [0, 0.1) is 5.92 Å². The SMILES string of the molecule is CC[C@H](C)[C@H](Nc1ccc(C(=O)NCCOC)cn1)C(=O)O. The van der Waals surface area contributed by atoms with Gasteiger partial charge in [0.05, 0.1) is 12.2 Å². The Labute approximate surface area is 130 Å². The lowest BCUT2D eigenvalue weighted by Gasteiger charge is -2.20. The van der Waals surface area contributed by atoms with Crippen molar-refractivity contribution in [3.63, 3.8) is 0 Å². The van der Waals surface area contributed by atoms with Crippen molar-refractivity contribution in [3.8, 4) is 0 Å². The van der Waals surface area contributed by atoms with Crippen molar-refractivity contribution in [2.75, 3.05) is 25.6 Å². The van der Waals surface area contributed by atoms with Crippen LogP contribution in [0.15, 0.2) is 18.3 Å². The maximum Gasteiger partial charge on any atom is 0.326 e. The van der Waals surface area contributed by atoms with Crippen LogP contribution in [0.3, 0.4) is 0 Å². The average molecular weight is 309 g/mol. The first-order valence-electron chi connectivity index (χ1n) is 7.22. The number of aliphatic carboxylic acids is 1. The predicted octanol–water partition coefficient (Wildman–Crippen LogP) is 1.37. The minimum Gasteiger partial charge on any atom is -0.480 e. The number of hydrogen-bond donors (Lipinski definition) is 3. The summed E-state index contributed by atoms with van der Waals surface area (Å²) in [5.74, 6) is -0.761. The summed E-state index contributed by atoms with van der Waals surface area (Å²) in [6, 6.07) is 2.50. The van der Waals surface area contributed by atoms with Gasteiger partial charge in [-0.15, -0.1) is 0 Å². The van der Waals surface area contributed by atoms with Gasteiger partial charge in [0, 0.05) is 19.9 Å². The zero-order valence-electron chi connectivity index (χ0n) is 13.1. The van der Waals surface area contributed by atoms with Gasteiger partial charge in [-0.25, -0.2) is 9.78 Å². The Morgan fingerprint density at radius 3 is 2.64 bits per heavy atom. The van der Waals surface area contributed by atoms with Gasteiger partial charge in [-0.1, -0.05) is 20.3 Å². The van der Waals surface area contributed by atoms with E-state index in [1.54, 1.807) is 19.2 Å². The average Bonchev–Trinajstić information content (AvgIpc) is 2.52. The fourth-order valence-corrected chi connectivity index (χ4v) is 1.82. The number of nitrogens with one attached hydrogen (secondary N) is 2. The van der Waals surface area contributed by atoms with E-state index in [2.05, 4.69) is 15.6 Å². The Morgan fingerprint density at radius 1 is 1.41 bits per heavy atom. The van der Waals surface area contributed by atoms with E-state index < -0.39 is 12.0 Å². The van der Waals surface area contributed by atoms with Crippen LogP contribution in [0.1, 0.15) is 30.6 Å². The van der Waals surface area contributed by atoms with E-state index >= 15 is 0 Å². The zero-order chi connectivity index (χ0) is 16.5. The van der Waals surface area contributed by atoms with Crippen LogP contribution in [0.4, 0.5) is 5.82 Å². The number of amides is 1. The molecule has 1 rings (SSSR count). The third kappa shape index (κ3) is 5.33. The third-order valence-electron chi connectivity index (χ3n) is 3.40. The van der Waals surface area contributed by atoms with E-state index in [1.165, 1.54) is 6.20 Å². The number of rotatable bonds is 9. The molecule has 1 heterocycles. The molecule has 7 heteroatoms. The highest BCUT2D eigenvalue weighted by molar-refractivity contribution is 5.94. The number of methoxy groups -OCH3 is 1. The topological polar surface area (TPSA) is 101 Å². The van der Waals surface area contributed by atoms with Gasteiger partial charge in [-0.05, 0) is 18.1 Å². The number of anilines is 1. The standard InChI is InChI=1S/C15H23N3O4/c1-4-10(2)13(15(20)21)18-12-6-5-11(9-17-12)14(19)16-7-8-22-3/h5-6,9-10,13H,4,7-8H2,1-3H3,(H,16,19)(H,17,18)(H,20,21)/t10-,13-/m0/s1. The maximum absolute atomic E-state index is 11.8. The number of nitrogens with zero attached hydrogens (tertiary/aromatic N) is 1. The molecular weight excluding hydrogens is 286 g/mol. The van der Waals surface area contributed by atoms with E-state index in [0.29, 0.717) is 24.5 Å². The van der Waals surface area contributed by atoms with Gasteiger partial charge < -0.3 is 20.5 Å². The van der Waals surface area contributed by atoms with Gasteiger partial charge in [0.2, 0.25) is 0 Å². The Hall–Kier alpha value is -2.15. The summed E-state index contributed by atoms with van der Waals surface area (Å²) in [5, 5.41) is 14.8. The quantitative estimate of drug-likeness (QED) is 0.596. The minimum absolute atomic E-state index is 0.0312. The van der Waals surface area contributed by atoms with Crippen molar-refractivity contribution < 1.29 is 19.4 Å².